The van der Waals surface area contributed by atoms with Crippen LogP contribution >= 0.6 is 0 Å². The number of pyridine rings is 2. The van der Waals surface area contributed by atoms with Crippen LogP contribution in [0.1, 0.15) is 0 Å². The molecule has 158 valence electrons. The third-order valence-electron chi connectivity index (χ3n) is 5.64. The van der Waals surface area contributed by atoms with Crippen molar-refractivity contribution in [2.24, 2.45) is 0 Å². The summed E-state index contributed by atoms with van der Waals surface area (Å²) in [6, 6.07) is 31.0. The van der Waals surface area contributed by atoms with Crippen LogP contribution in [0.25, 0.3) is 38.8 Å². The molecule has 0 N–H and O–H groups in total. The Morgan fingerprint density at radius 2 is 1.48 bits per heavy atom. The summed E-state index contributed by atoms with van der Waals surface area (Å²) in [4.78, 5) is 8.67. The van der Waals surface area contributed by atoms with Gasteiger partial charge >= 0.3 is 0 Å². The maximum atomic E-state index is 13.5. The molecule has 0 fully saturated rings. The molecule has 0 radical (unpaired) electrons. The SMILES string of the molecule is Fc1ccnc(Oc2cccc(-c3ccc4c5ccccc5n(-c5ccccn5)c4c3)c2)c1. The van der Waals surface area contributed by atoms with Crippen molar-refractivity contribution in [3.05, 3.63) is 115 Å². The Bertz CT molecular complexity index is 1610. The monoisotopic (exact) mass is 431 g/mol. The van der Waals surface area contributed by atoms with Crippen LogP contribution in [-0.2, 0) is 0 Å². The topological polar surface area (TPSA) is 39.9 Å². The smallest absolute Gasteiger partial charge is 0.222 e. The average Bonchev–Trinajstić information content (AvgIpc) is 3.18. The summed E-state index contributed by atoms with van der Waals surface area (Å²) >= 11 is 0. The third kappa shape index (κ3) is 3.49. The van der Waals surface area contributed by atoms with Crippen LogP contribution in [0.2, 0.25) is 0 Å². The predicted octanol–water partition coefficient (Wildman–Crippen LogP) is 7.17. The van der Waals surface area contributed by atoms with Gasteiger partial charge in [0.1, 0.15) is 17.4 Å². The Hall–Kier alpha value is -4.51. The first-order chi connectivity index (χ1) is 16.3. The Kier molecular flexibility index (Phi) is 4.58. The van der Waals surface area contributed by atoms with Crippen LogP contribution < -0.4 is 4.74 Å². The minimum atomic E-state index is -0.385. The van der Waals surface area contributed by atoms with Crippen LogP contribution in [0.4, 0.5) is 4.39 Å². The number of rotatable bonds is 4. The van der Waals surface area contributed by atoms with E-state index in [0.29, 0.717) is 5.75 Å². The van der Waals surface area contributed by atoms with E-state index in [9.17, 15) is 4.39 Å². The van der Waals surface area contributed by atoms with Gasteiger partial charge in [-0.05, 0) is 53.6 Å². The summed E-state index contributed by atoms with van der Waals surface area (Å²) in [5, 5.41) is 2.34. The summed E-state index contributed by atoms with van der Waals surface area (Å²) < 4.78 is 21.5. The van der Waals surface area contributed by atoms with E-state index < -0.39 is 0 Å². The van der Waals surface area contributed by atoms with Crippen LogP contribution in [0.5, 0.6) is 11.6 Å². The van der Waals surface area contributed by atoms with Crippen molar-refractivity contribution in [1.82, 2.24) is 14.5 Å². The van der Waals surface area contributed by atoms with Gasteiger partial charge < -0.3 is 4.74 Å². The van der Waals surface area contributed by atoms with Gasteiger partial charge in [-0.15, -0.1) is 0 Å². The van der Waals surface area contributed by atoms with Gasteiger partial charge in [-0.2, -0.15) is 0 Å². The first-order valence-corrected chi connectivity index (χ1v) is 10.6. The summed E-state index contributed by atoms with van der Waals surface area (Å²) in [6.45, 7) is 0. The number of fused-ring (bicyclic) bond motifs is 3. The Labute approximate surface area is 189 Å². The molecule has 0 unspecified atom stereocenters. The molecule has 0 aliphatic rings. The summed E-state index contributed by atoms with van der Waals surface area (Å²) in [5.41, 5.74) is 4.21. The number of aromatic nitrogens is 3. The standard InChI is InChI=1S/C28H18FN3O/c29-21-13-15-31-28(18-21)33-22-7-5-6-19(16-22)20-11-12-24-23-8-1-2-9-25(23)32(26(24)17-20)27-10-3-4-14-30-27/h1-18H. The maximum absolute atomic E-state index is 13.5. The fourth-order valence-electron chi connectivity index (χ4n) is 4.18. The van der Waals surface area contributed by atoms with E-state index in [2.05, 4.69) is 50.9 Å². The lowest BCUT2D eigenvalue weighted by atomic mass is 10.0. The van der Waals surface area contributed by atoms with Gasteiger partial charge in [-0.1, -0.05) is 48.5 Å². The van der Waals surface area contributed by atoms with Crippen molar-refractivity contribution in [2.75, 3.05) is 0 Å². The molecule has 0 spiro atoms. The maximum Gasteiger partial charge on any atom is 0.222 e. The van der Waals surface area contributed by atoms with Gasteiger partial charge in [0.2, 0.25) is 5.88 Å². The molecule has 3 aromatic heterocycles. The summed E-state index contributed by atoms with van der Waals surface area (Å²) in [7, 11) is 0. The van der Waals surface area contributed by atoms with E-state index in [1.54, 1.807) is 6.20 Å². The van der Waals surface area contributed by atoms with Gasteiger partial charge in [0.25, 0.3) is 0 Å². The molecule has 0 saturated carbocycles. The van der Waals surface area contributed by atoms with Crippen molar-refractivity contribution in [2.45, 2.75) is 0 Å². The molecule has 0 amide bonds. The number of benzene rings is 3. The predicted molar refractivity (Wildman–Crippen MR) is 128 cm³/mol. The highest BCUT2D eigenvalue weighted by Gasteiger charge is 2.14. The van der Waals surface area contributed by atoms with E-state index in [0.717, 1.165) is 33.4 Å². The minimum absolute atomic E-state index is 0.220. The second kappa shape index (κ2) is 7.88. The highest BCUT2D eigenvalue weighted by Crippen LogP contribution is 2.35. The van der Waals surface area contributed by atoms with Crippen molar-refractivity contribution < 1.29 is 9.13 Å². The van der Waals surface area contributed by atoms with Gasteiger partial charge in [-0.25, -0.2) is 14.4 Å². The molecule has 6 rings (SSSR count). The van der Waals surface area contributed by atoms with Crippen molar-refractivity contribution in [3.8, 4) is 28.6 Å². The lowest BCUT2D eigenvalue weighted by Crippen LogP contribution is -1.96. The molecule has 3 heterocycles. The van der Waals surface area contributed by atoms with E-state index >= 15 is 0 Å². The molecule has 0 atom stereocenters. The Morgan fingerprint density at radius 1 is 0.636 bits per heavy atom. The lowest BCUT2D eigenvalue weighted by Gasteiger charge is -2.09. The largest absolute Gasteiger partial charge is 0.439 e. The number of ether oxygens (including phenoxy) is 1. The molecule has 5 heteroatoms. The van der Waals surface area contributed by atoms with Gasteiger partial charge in [0.05, 0.1) is 11.0 Å². The zero-order valence-electron chi connectivity index (χ0n) is 17.5. The molecule has 6 aromatic rings. The lowest BCUT2D eigenvalue weighted by molar-refractivity contribution is 0.457. The fourth-order valence-corrected chi connectivity index (χ4v) is 4.18. The second-order valence-electron chi connectivity index (χ2n) is 7.71. The highest BCUT2D eigenvalue weighted by atomic mass is 19.1. The second-order valence-corrected chi connectivity index (χ2v) is 7.71. The minimum Gasteiger partial charge on any atom is -0.439 e. The van der Waals surface area contributed by atoms with Crippen LogP contribution in [0.15, 0.2) is 109 Å². The van der Waals surface area contributed by atoms with Crippen LogP contribution in [-0.4, -0.2) is 14.5 Å². The van der Waals surface area contributed by atoms with Gasteiger partial charge in [0.15, 0.2) is 0 Å². The van der Waals surface area contributed by atoms with E-state index in [1.807, 2.05) is 48.5 Å². The zero-order valence-corrected chi connectivity index (χ0v) is 17.5. The van der Waals surface area contributed by atoms with Crippen molar-refractivity contribution >= 4 is 21.8 Å². The van der Waals surface area contributed by atoms with Crippen molar-refractivity contribution in [1.29, 1.82) is 0 Å². The number of nitrogens with zero attached hydrogens (tertiary/aromatic N) is 3. The first-order valence-electron chi connectivity index (χ1n) is 10.6. The first kappa shape index (κ1) is 19.2. The Balaban J connectivity index is 1.49. The molecular formula is C28H18FN3O. The number of halogens is 1. The van der Waals surface area contributed by atoms with Gasteiger partial charge in [-0.3, -0.25) is 4.57 Å². The molecule has 0 saturated heterocycles. The number of hydrogen-bond donors (Lipinski definition) is 0. The number of hydrogen-bond acceptors (Lipinski definition) is 3. The Morgan fingerprint density at radius 3 is 2.36 bits per heavy atom. The average molecular weight is 431 g/mol. The molecule has 4 nitrogen and oxygen atoms in total. The van der Waals surface area contributed by atoms with E-state index in [4.69, 9.17) is 4.74 Å². The zero-order chi connectivity index (χ0) is 22.2. The molecule has 0 aliphatic heterocycles. The van der Waals surface area contributed by atoms with Gasteiger partial charge in [0, 0.05) is 29.2 Å². The van der Waals surface area contributed by atoms with E-state index in [1.165, 1.54) is 23.7 Å². The molecule has 0 aliphatic carbocycles. The normalized spacial score (nSPS) is 11.2. The summed E-state index contributed by atoms with van der Waals surface area (Å²) in [5.74, 6) is 1.30. The molecule has 33 heavy (non-hydrogen) atoms. The molecule has 3 aromatic carbocycles. The van der Waals surface area contributed by atoms with E-state index in [-0.39, 0.29) is 11.7 Å². The van der Waals surface area contributed by atoms with Crippen LogP contribution in [0.3, 0.4) is 0 Å². The molecule has 0 bridgehead atoms. The third-order valence-corrected chi connectivity index (χ3v) is 5.64. The number of para-hydroxylation sites is 1. The van der Waals surface area contributed by atoms with Crippen LogP contribution in [0, 0.1) is 5.82 Å². The quantitative estimate of drug-likeness (QED) is 0.297. The fraction of sp³-hybridized carbons (Fsp3) is 0. The molecular weight excluding hydrogens is 413 g/mol. The highest BCUT2D eigenvalue weighted by molar-refractivity contribution is 6.10. The van der Waals surface area contributed by atoms with Crippen molar-refractivity contribution in [3.63, 3.8) is 0 Å². The summed E-state index contributed by atoms with van der Waals surface area (Å²) in [6.07, 6.45) is 3.19.